The number of ketones is 1. The molecule has 2 rings (SSSR count). The first kappa shape index (κ1) is 17.8. The molecule has 3 N–H and O–H groups in total. The maximum atomic E-state index is 12.6. The van der Waals surface area contributed by atoms with Gasteiger partial charge in [-0.05, 0) is 32.9 Å². The summed E-state index contributed by atoms with van der Waals surface area (Å²) in [5.41, 5.74) is 6.47. The lowest BCUT2D eigenvalue weighted by molar-refractivity contribution is 0.0635. The van der Waals surface area contributed by atoms with E-state index < -0.39 is 11.7 Å². The molecule has 0 heterocycles. The number of benzene rings is 2. The Morgan fingerprint density at radius 3 is 2.33 bits per heavy atom. The highest BCUT2D eigenvalue weighted by molar-refractivity contribution is 6.32. The van der Waals surface area contributed by atoms with Crippen molar-refractivity contribution in [1.29, 1.82) is 0 Å². The molecule has 5 nitrogen and oxygen atoms in total. The molecule has 0 atom stereocenters. The number of nitrogens with two attached hydrogens (primary N) is 1. The molecular formula is C18H19ClN2O3. The molecule has 0 radical (unpaired) electrons. The van der Waals surface area contributed by atoms with Crippen LogP contribution in [0.25, 0.3) is 0 Å². The molecule has 24 heavy (non-hydrogen) atoms. The summed E-state index contributed by atoms with van der Waals surface area (Å²) in [5, 5.41) is 2.82. The Kier molecular flexibility index (Phi) is 5.14. The van der Waals surface area contributed by atoms with Gasteiger partial charge in [0.2, 0.25) is 0 Å². The Bertz CT molecular complexity index is 768. The zero-order chi connectivity index (χ0) is 17.9. The van der Waals surface area contributed by atoms with Crippen LogP contribution in [0, 0.1) is 0 Å². The van der Waals surface area contributed by atoms with E-state index in [1.165, 1.54) is 12.1 Å². The van der Waals surface area contributed by atoms with Gasteiger partial charge in [-0.1, -0.05) is 41.9 Å². The minimum atomic E-state index is -0.672. The minimum absolute atomic E-state index is 0.138. The number of carbonyl (C=O) groups excluding carboxylic acids is 2. The first-order valence-electron chi connectivity index (χ1n) is 7.36. The fourth-order valence-electron chi connectivity index (χ4n) is 2.07. The number of rotatable bonds is 3. The van der Waals surface area contributed by atoms with E-state index in [1.54, 1.807) is 45.0 Å². The van der Waals surface area contributed by atoms with Gasteiger partial charge in [-0.25, -0.2) is 4.79 Å². The van der Waals surface area contributed by atoms with Crippen LogP contribution in [0.4, 0.5) is 16.2 Å². The summed E-state index contributed by atoms with van der Waals surface area (Å²) < 4.78 is 5.19. The molecule has 0 aliphatic carbocycles. The molecule has 0 unspecified atom stereocenters. The van der Waals surface area contributed by atoms with Gasteiger partial charge in [0, 0.05) is 16.1 Å². The Morgan fingerprint density at radius 1 is 1.12 bits per heavy atom. The largest absolute Gasteiger partial charge is 0.444 e. The highest BCUT2D eigenvalue weighted by Gasteiger charge is 2.20. The molecule has 1 amide bonds. The van der Waals surface area contributed by atoms with Crippen molar-refractivity contribution in [2.24, 2.45) is 0 Å². The van der Waals surface area contributed by atoms with Gasteiger partial charge in [-0.15, -0.1) is 0 Å². The van der Waals surface area contributed by atoms with Crippen molar-refractivity contribution in [3.63, 3.8) is 0 Å². The lowest BCUT2D eigenvalue weighted by Crippen LogP contribution is -2.27. The van der Waals surface area contributed by atoms with Crippen LogP contribution >= 0.6 is 11.6 Å². The van der Waals surface area contributed by atoms with Crippen LogP contribution in [-0.4, -0.2) is 17.5 Å². The Hall–Kier alpha value is -2.53. The van der Waals surface area contributed by atoms with E-state index in [4.69, 9.17) is 22.1 Å². The number of ether oxygens (including phenoxy) is 1. The number of nitrogens with one attached hydrogen (secondary N) is 1. The van der Waals surface area contributed by atoms with E-state index in [-0.39, 0.29) is 27.7 Å². The number of hydrogen-bond donors (Lipinski definition) is 2. The van der Waals surface area contributed by atoms with Crippen LogP contribution in [0.5, 0.6) is 0 Å². The topological polar surface area (TPSA) is 81.4 Å². The van der Waals surface area contributed by atoms with E-state index >= 15 is 0 Å². The van der Waals surface area contributed by atoms with Gasteiger partial charge < -0.3 is 10.5 Å². The predicted molar refractivity (Wildman–Crippen MR) is 95.6 cm³/mol. The van der Waals surface area contributed by atoms with Crippen LogP contribution in [0.3, 0.4) is 0 Å². The highest BCUT2D eigenvalue weighted by Crippen LogP contribution is 2.30. The molecule has 0 bridgehead atoms. The fraction of sp³-hybridized carbons (Fsp3) is 0.222. The van der Waals surface area contributed by atoms with E-state index in [0.717, 1.165) is 0 Å². The van der Waals surface area contributed by atoms with E-state index in [1.807, 2.05) is 6.07 Å². The zero-order valence-corrected chi connectivity index (χ0v) is 14.5. The highest BCUT2D eigenvalue weighted by atomic mass is 35.5. The van der Waals surface area contributed by atoms with Crippen molar-refractivity contribution in [2.45, 2.75) is 26.4 Å². The number of anilines is 2. The maximum absolute atomic E-state index is 12.6. The molecule has 2 aromatic rings. The van der Waals surface area contributed by atoms with E-state index in [2.05, 4.69) is 5.32 Å². The van der Waals surface area contributed by atoms with Crippen LogP contribution in [0.15, 0.2) is 42.5 Å². The normalized spacial score (nSPS) is 11.0. The first-order chi connectivity index (χ1) is 11.2. The van der Waals surface area contributed by atoms with Gasteiger partial charge in [-0.2, -0.15) is 0 Å². The van der Waals surface area contributed by atoms with Crippen molar-refractivity contribution in [2.75, 3.05) is 11.1 Å². The van der Waals surface area contributed by atoms with Crippen LogP contribution in [-0.2, 0) is 4.74 Å². The summed E-state index contributed by atoms with van der Waals surface area (Å²) in [4.78, 5) is 24.5. The van der Waals surface area contributed by atoms with Gasteiger partial charge in [0.15, 0.2) is 5.78 Å². The van der Waals surface area contributed by atoms with Gasteiger partial charge in [-0.3, -0.25) is 10.1 Å². The third kappa shape index (κ3) is 4.49. The van der Waals surface area contributed by atoms with Crippen molar-refractivity contribution >= 4 is 34.9 Å². The molecule has 0 fully saturated rings. The molecule has 0 spiro atoms. The molecule has 126 valence electrons. The number of carbonyl (C=O) groups is 2. The molecule has 2 aromatic carbocycles. The molecule has 6 heteroatoms. The fourth-order valence-corrected chi connectivity index (χ4v) is 2.29. The Balaban J connectivity index is 2.34. The summed E-state index contributed by atoms with van der Waals surface area (Å²) >= 11 is 6.07. The van der Waals surface area contributed by atoms with Gasteiger partial charge >= 0.3 is 6.09 Å². The third-order valence-corrected chi connectivity index (χ3v) is 3.28. The summed E-state index contributed by atoms with van der Waals surface area (Å²) in [6, 6.07) is 11.7. The smallest absolute Gasteiger partial charge is 0.412 e. The molecule has 0 saturated carbocycles. The SMILES string of the molecule is CC(C)(C)OC(=O)Nc1cc(Cl)cc(C(=O)c2ccccc2)c1N. The van der Waals surface area contributed by atoms with E-state index in [0.29, 0.717) is 5.56 Å². The average molecular weight is 347 g/mol. The van der Waals surface area contributed by atoms with Crippen molar-refractivity contribution in [3.8, 4) is 0 Å². The van der Waals surface area contributed by atoms with E-state index in [9.17, 15) is 9.59 Å². The quantitative estimate of drug-likeness (QED) is 0.633. The molecule has 0 aliphatic heterocycles. The predicted octanol–water partition coefficient (Wildman–Crippen LogP) is 4.50. The second kappa shape index (κ2) is 6.93. The minimum Gasteiger partial charge on any atom is -0.444 e. The van der Waals surface area contributed by atoms with Gasteiger partial charge in [0.25, 0.3) is 0 Å². The zero-order valence-electron chi connectivity index (χ0n) is 13.7. The summed E-state index contributed by atoms with van der Waals surface area (Å²) in [6.07, 6.45) is -0.672. The Labute approximate surface area is 145 Å². The van der Waals surface area contributed by atoms with Crippen LogP contribution < -0.4 is 11.1 Å². The molecule has 0 aromatic heterocycles. The monoisotopic (exact) mass is 346 g/mol. The lowest BCUT2D eigenvalue weighted by Gasteiger charge is -2.20. The standard InChI is InChI=1S/C18H19ClN2O3/c1-18(2,3)24-17(23)21-14-10-12(19)9-13(15(14)20)16(22)11-7-5-4-6-8-11/h4-10H,20H2,1-3H3,(H,21,23). The molecule has 0 saturated heterocycles. The second-order valence-electron chi connectivity index (χ2n) is 6.24. The number of nitrogen functional groups attached to an aromatic ring is 1. The molecule has 0 aliphatic rings. The van der Waals surface area contributed by atoms with Crippen LogP contribution in [0.1, 0.15) is 36.7 Å². The van der Waals surface area contributed by atoms with Crippen molar-refractivity contribution in [3.05, 3.63) is 58.6 Å². The third-order valence-electron chi connectivity index (χ3n) is 3.06. The van der Waals surface area contributed by atoms with Gasteiger partial charge in [0.05, 0.1) is 11.4 Å². The maximum Gasteiger partial charge on any atom is 0.412 e. The number of amides is 1. The Morgan fingerprint density at radius 2 is 1.75 bits per heavy atom. The number of hydrogen-bond acceptors (Lipinski definition) is 4. The lowest BCUT2D eigenvalue weighted by atomic mass is 10.0. The second-order valence-corrected chi connectivity index (χ2v) is 6.67. The summed E-state index contributed by atoms with van der Waals surface area (Å²) in [7, 11) is 0. The molecular weight excluding hydrogens is 328 g/mol. The average Bonchev–Trinajstić information content (AvgIpc) is 2.49. The summed E-state index contributed by atoms with van der Waals surface area (Å²) in [6.45, 7) is 5.24. The first-order valence-corrected chi connectivity index (χ1v) is 7.74. The summed E-state index contributed by atoms with van der Waals surface area (Å²) in [5.74, 6) is -0.275. The van der Waals surface area contributed by atoms with Crippen molar-refractivity contribution in [1.82, 2.24) is 0 Å². The number of halogens is 1. The van der Waals surface area contributed by atoms with Crippen molar-refractivity contribution < 1.29 is 14.3 Å². The van der Waals surface area contributed by atoms with Gasteiger partial charge in [0.1, 0.15) is 5.60 Å². The van der Waals surface area contributed by atoms with Crippen LogP contribution in [0.2, 0.25) is 5.02 Å².